The third-order valence-corrected chi connectivity index (χ3v) is 4.29. The molecule has 0 aromatic carbocycles. The first-order valence-corrected chi connectivity index (χ1v) is 10.7. The molecule has 0 aliphatic heterocycles. The van der Waals surface area contributed by atoms with Crippen LogP contribution in [0.25, 0.3) is 0 Å². The zero-order valence-electron chi connectivity index (χ0n) is 17.9. The van der Waals surface area contributed by atoms with Crippen LogP contribution in [0, 0.1) is 0 Å². The first-order valence-electron chi connectivity index (χ1n) is 10.7. The molecule has 0 radical (unpaired) electrons. The Morgan fingerprint density at radius 1 is 0.815 bits per heavy atom. The standard InChI is InChI=1S/C21H41NO5/c1-5-8-9-10-11-12-13-14-15-16-20(24)27-17-19(22-18(4)23)21(25-6-2)26-7-3/h19,21H,5-17H2,1-4H3,(H,22,23). The molecule has 0 saturated heterocycles. The van der Waals surface area contributed by atoms with Gasteiger partial charge in [-0.3, -0.25) is 9.59 Å². The molecule has 0 rings (SSSR count). The molecule has 6 nitrogen and oxygen atoms in total. The molecule has 1 unspecified atom stereocenters. The van der Waals surface area contributed by atoms with Crippen LogP contribution in [-0.2, 0) is 23.8 Å². The van der Waals surface area contributed by atoms with Gasteiger partial charge in [-0.15, -0.1) is 0 Å². The van der Waals surface area contributed by atoms with Gasteiger partial charge in [0, 0.05) is 26.6 Å². The van der Waals surface area contributed by atoms with Gasteiger partial charge in [-0.1, -0.05) is 58.3 Å². The van der Waals surface area contributed by atoms with E-state index in [9.17, 15) is 9.59 Å². The molecule has 160 valence electrons. The van der Waals surface area contributed by atoms with Crippen molar-refractivity contribution in [1.82, 2.24) is 5.32 Å². The minimum Gasteiger partial charge on any atom is -0.463 e. The Balaban J connectivity index is 3.99. The van der Waals surface area contributed by atoms with E-state index in [2.05, 4.69) is 12.2 Å². The van der Waals surface area contributed by atoms with Crippen molar-refractivity contribution in [2.45, 2.75) is 104 Å². The van der Waals surface area contributed by atoms with Gasteiger partial charge in [0.1, 0.15) is 12.6 Å². The zero-order valence-corrected chi connectivity index (χ0v) is 17.9. The first-order chi connectivity index (χ1) is 13.0. The Kier molecular flexibility index (Phi) is 17.5. The van der Waals surface area contributed by atoms with Gasteiger partial charge < -0.3 is 19.5 Å². The molecule has 0 aromatic heterocycles. The maximum absolute atomic E-state index is 12.0. The highest BCUT2D eigenvalue weighted by atomic mass is 16.7. The van der Waals surface area contributed by atoms with Gasteiger partial charge >= 0.3 is 5.97 Å². The largest absolute Gasteiger partial charge is 0.463 e. The van der Waals surface area contributed by atoms with Gasteiger partial charge in [0.2, 0.25) is 5.91 Å². The van der Waals surface area contributed by atoms with Crippen molar-refractivity contribution in [2.75, 3.05) is 19.8 Å². The molecule has 0 saturated carbocycles. The number of hydrogen-bond acceptors (Lipinski definition) is 5. The highest BCUT2D eigenvalue weighted by Gasteiger charge is 2.25. The maximum atomic E-state index is 12.0. The number of hydrogen-bond donors (Lipinski definition) is 1. The topological polar surface area (TPSA) is 73.9 Å². The Labute approximate surface area is 165 Å². The van der Waals surface area contributed by atoms with Crippen LogP contribution in [-0.4, -0.2) is 44.0 Å². The lowest BCUT2D eigenvalue weighted by Crippen LogP contribution is -2.48. The number of carbonyl (C=O) groups is 2. The predicted molar refractivity (Wildman–Crippen MR) is 107 cm³/mol. The lowest BCUT2D eigenvalue weighted by atomic mass is 10.1. The lowest BCUT2D eigenvalue weighted by molar-refractivity contribution is -0.171. The smallest absolute Gasteiger partial charge is 0.305 e. The Bertz CT molecular complexity index is 370. The highest BCUT2D eigenvalue weighted by Crippen LogP contribution is 2.11. The molecule has 0 bridgehead atoms. The summed E-state index contributed by atoms with van der Waals surface area (Å²) in [5, 5.41) is 2.74. The number of nitrogens with one attached hydrogen (secondary N) is 1. The van der Waals surface area contributed by atoms with Crippen molar-refractivity contribution in [2.24, 2.45) is 0 Å². The van der Waals surface area contributed by atoms with E-state index >= 15 is 0 Å². The van der Waals surface area contributed by atoms with E-state index in [0.29, 0.717) is 19.6 Å². The average molecular weight is 388 g/mol. The SMILES string of the molecule is CCCCCCCCCCCC(=O)OCC(NC(C)=O)C(OCC)OCC. The van der Waals surface area contributed by atoms with Gasteiger partial charge in [-0.2, -0.15) is 0 Å². The molecular formula is C21H41NO5. The molecule has 6 heteroatoms. The summed E-state index contributed by atoms with van der Waals surface area (Å²) in [5.41, 5.74) is 0. The second-order valence-corrected chi connectivity index (χ2v) is 6.85. The van der Waals surface area contributed by atoms with Crippen LogP contribution in [0.1, 0.15) is 91.9 Å². The molecule has 0 heterocycles. The maximum Gasteiger partial charge on any atom is 0.305 e. The zero-order chi connectivity index (χ0) is 20.3. The van der Waals surface area contributed by atoms with Crippen molar-refractivity contribution < 1.29 is 23.8 Å². The second kappa shape index (κ2) is 18.2. The summed E-state index contributed by atoms with van der Waals surface area (Å²) in [6.07, 6.45) is 10.7. The van der Waals surface area contributed by atoms with Crippen LogP contribution in [0.2, 0.25) is 0 Å². The summed E-state index contributed by atoms with van der Waals surface area (Å²) in [6.45, 7) is 8.32. The van der Waals surface area contributed by atoms with E-state index in [0.717, 1.165) is 12.8 Å². The summed E-state index contributed by atoms with van der Waals surface area (Å²) in [4.78, 5) is 23.4. The third kappa shape index (κ3) is 15.6. The lowest BCUT2D eigenvalue weighted by Gasteiger charge is -2.26. The van der Waals surface area contributed by atoms with Gasteiger partial charge in [0.15, 0.2) is 6.29 Å². The Morgan fingerprint density at radius 2 is 1.33 bits per heavy atom. The number of amides is 1. The summed E-state index contributed by atoms with van der Waals surface area (Å²) in [5.74, 6) is -0.445. The number of unbranched alkanes of at least 4 members (excludes halogenated alkanes) is 8. The summed E-state index contributed by atoms with van der Waals surface area (Å²) >= 11 is 0. The second-order valence-electron chi connectivity index (χ2n) is 6.85. The fraction of sp³-hybridized carbons (Fsp3) is 0.905. The molecular weight excluding hydrogens is 346 g/mol. The molecule has 1 amide bonds. The van der Waals surface area contributed by atoms with Crippen molar-refractivity contribution >= 4 is 11.9 Å². The Morgan fingerprint density at radius 3 is 1.81 bits per heavy atom. The fourth-order valence-electron chi connectivity index (χ4n) is 2.89. The van der Waals surface area contributed by atoms with Gasteiger partial charge in [-0.25, -0.2) is 0 Å². The number of rotatable bonds is 18. The predicted octanol–water partition coefficient (Wildman–Crippen LogP) is 4.35. The monoisotopic (exact) mass is 387 g/mol. The number of ether oxygens (including phenoxy) is 3. The molecule has 0 aromatic rings. The van der Waals surface area contributed by atoms with E-state index in [1.807, 2.05) is 13.8 Å². The molecule has 1 atom stereocenters. The molecule has 0 aliphatic rings. The minimum atomic E-state index is -0.621. The van der Waals surface area contributed by atoms with Crippen LogP contribution < -0.4 is 5.32 Å². The van der Waals surface area contributed by atoms with Crippen LogP contribution in [0.15, 0.2) is 0 Å². The van der Waals surface area contributed by atoms with Crippen molar-refractivity contribution in [3.63, 3.8) is 0 Å². The fourth-order valence-corrected chi connectivity index (χ4v) is 2.89. The van der Waals surface area contributed by atoms with Crippen molar-refractivity contribution in [3.8, 4) is 0 Å². The molecule has 27 heavy (non-hydrogen) atoms. The van der Waals surface area contributed by atoms with Gasteiger partial charge in [0.25, 0.3) is 0 Å². The van der Waals surface area contributed by atoms with E-state index < -0.39 is 12.3 Å². The van der Waals surface area contributed by atoms with Crippen LogP contribution in [0.5, 0.6) is 0 Å². The summed E-state index contributed by atoms with van der Waals surface area (Å²) in [6, 6.07) is -0.505. The molecule has 0 aliphatic carbocycles. The average Bonchev–Trinajstić information content (AvgIpc) is 2.63. The normalized spacial score (nSPS) is 12.2. The number of carbonyl (C=O) groups excluding carboxylic acids is 2. The Hall–Kier alpha value is -1.14. The van der Waals surface area contributed by atoms with Gasteiger partial charge in [-0.05, 0) is 20.3 Å². The van der Waals surface area contributed by atoms with Crippen LogP contribution in [0.3, 0.4) is 0 Å². The third-order valence-electron chi connectivity index (χ3n) is 4.29. The van der Waals surface area contributed by atoms with E-state index in [4.69, 9.17) is 14.2 Å². The van der Waals surface area contributed by atoms with Crippen LogP contribution in [0.4, 0.5) is 0 Å². The molecule has 0 spiro atoms. The van der Waals surface area contributed by atoms with E-state index in [1.54, 1.807) is 0 Å². The molecule has 1 N–H and O–H groups in total. The summed E-state index contributed by atoms with van der Waals surface area (Å²) < 4.78 is 16.4. The summed E-state index contributed by atoms with van der Waals surface area (Å²) in [7, 11) is 0. The van der Waals surface area contributed by atoms with Crippen molar-refractivity contribution in [3.05, 3.63) is 0 Å². The molecule has 0 fully saturated rings. The van der Waals surface area contributed by atoms with E-state index in [-0.39, 0.29) is 18.5 Å². The van der Waals surface area contributed by atoms with Gasteiger partial charge in [0.05, 0.1) is 0 Å². The first kappa shape index (κ1) is 25.9. The minimum absolute atomic E-state index is 0.0561. The van der Waals surface area contributed by atoms with Crippen LogP contribution >= 0.6 is 0 Å². The van der Waals surface area contributed by atoms with Crippen molar-refractivity contribution in [1.29, 1.82) is 0 Å². The highest BCUT2D eigenvalue weighted by molar-refractivity contribution is 5.73. The van der Waals surface area contributed by atoms with E-state index in [1.165, 1.54) is 51.9 Å². The number of esters is 1. The quantitative estimate of drug-likeness (QED) is 0.215.